The molecule has 0 aromatic heterocycles. The topological polar surface area (TPSA) is 73.6 Å². The Balaban J connectivity index is 2.48. The molecule has 0 aliphatic rings. The molecule has 1 rings (SSSR count). The summed E-state index contributed by atoms with van der Waals surface area (Å²) in [6, 6.07) is 8.92. The van der Waals surface area contributed by atoms with Gasteiger partial charge in [0.15, 0.2) is 0 Å². The van der Waals surface area contributed by atoms with E-state index in [9.17, 15) is 4.79 Å². The van der Waals surface area contributed by atoms with E-state index in [1.165, 1.54) is 12.1 Å². The first kappa shape index (κ1) is 16.0. The Morgan fingerprint density at radius 1 is 1.45 bits per heavy atom. The molecule has 0 atom stereocenters. The van der Waals surface area contributed by atoms with E-state index in [0.717, 1.165) is 0 Å². The molecule has 0 aliphatic carbocycles. The molecule has 5 heteroatoms. The summed E-state index contributed by atoms with van der Waals surface area (Å²) in [5, 5.41) is 17.5. The molecule has 0 spiro atoms. The van der Waals surface area contributed by atoms with Crippen LogP contribution in [0.25, 0.3) is 0 Å². The van der Waals surface area contributed by atoms with Crippen molar-refractivity contribution in [2.45, 2.75) is 26.3 Å². The highest BCUT2D eigenvalue weighted by Gasteiger charge is 2.09. The highest BCUT2D eigenvalue weighted by atomic mass is 16.5. The molecule has 1 aromatic rings. The Labute approximate surface area is 119 Å². The summed E-state index contributed by atoms with van der Waals surface area (Å²) >= 11 is 0. The average molecular weight is 276 g/mol. The molecule has 0 bridgehead atoms. The van der Waals surface area contributed by atoms with Crippen molar-refractivity contribution in [3.05, 3.63) is 29.8 Å². The van der Waals surface area contributed by atoms with Crippen molar-refractivity contribution in [3.8, 4) is 11.8 Å². The van der Waals surface area contributed by atoms with Gasteiger partial charge in [0.1, 0.15) is 12.4 Å². The van der Waals surface area contributed by atoms with Crippen LogP contribution in [0.1, 0.15) is 30.6 Å². The maximum absolute atomic E-state index is 10.8. The lowest BCUT2D eigenvalue weighted by Gasteiger charge is -2.25. The average Bonchev–Trinajstić information content (AvgIpc) is 2.42. The summed E-state index contributed by atoms with van der Waals surface area (Å²) in [6.07, 6.45) is 0.493. The fourth-order valence-corrected chi connectivity index (χ4v) is 1.82. The minimum atomic E-state index is -0.965. The van der Waals surface area contributed by atoms with Crippen molar-refractivity contribution >= 4 is 5.97 Å². The Bertz CT molecular complexity index is 480. The smallest absolute Gasteiger partial charge is 0.335 e. The highest BCUT2D eigenvalue weighted by Crippen LogP contribution is 2.13. The number of carboxylic acid groups (broad SMARTS) is 1. The fraction of sp³-hybridized carbons (Fsp3) is 0.467. The molecule has 0 amide bonds. The van der Waals surface area contributed by atoms with E-state index in [-0.39, 0.29) is 5.56 Å². The molecule has 1 N–H and O–H groups in total. The number of rotatable bonds is 8. The number of hydrogen-bond donors (Lipinski definition) is 1. The molecule has 0 unspecified atom stereocenters. The van der Waals surface area contributed by atoms with Crippen molar-refractivity contribution in [1.82, 2.24) is 4.90 Å². The SMILES string of the molecule is CC(C)N(CCC#N)CCOc1cccc(C(=O)O)c1. The van der Waals surface area contributed by atoms with Crippen LogP contribution in [-0.4, -0.2) is 41.7 Å². The number of nitrogens with zero attached hydrogens (tertiary/aromatic N) is 2. The van der Waals surface area contributed by atoms with Gasteiger partial charge in [-0.1, -0.05) is 6.07 Å². The lowest BCUT2D eigenvalue weighted by atomic mass is 10.2. The lowest BCUT2D eigenvalue weighted by Crippen LogP contribution is -2.35. The van der Waals surface area contributed by atoms with Gasteiger partial charge in [0.05, 0.1) is 11.6 Å². The molecule has 0 radical (unpaired) electrons. The summed E-state index contributed by atoms with van der Waals surface area (Å²) in [7, 11) is 0. The van der Waals surface area contributed by atoms with Gasteiger partial charge in [-0.3, -0.25) is 4.90 Å². The second-order valence-electron chi connectivity index (χ2n) is 4.72. The van der Waals surface area contributed by atoms with Crippen LogP contribution in [0, 0.1) is 11.3 Å². The Morgan fingerprint density at radius 2 is 2.20 bits per heavy atom. The molecular weight excluding hydrogens is 256 g/mol. The first-order valence-corrected chi connectivity index (χ1v) is 6.61. The standard InChI is InChI=1S/C15H20N2O3/c1-12(2)17(8-4-7-16)9-10-20-14-6-3-5-13(11-14)15(18)19/h3,5-6,11-12H,4,8-10H2,1-2H3,(H,18,19). The summed E-state index contributed by atoms with van der Waals surface area (Å²) in [5.41, 5.74) is 0.215. The number of ether oxygens (including phenoxy) is 1. The van der Waals surface area contributed by atoms with E-state index in [1.807, 2.05) is 0 Å². The van der Waals surface area contributed by atoms with Crippen molar-refractivity contribution in [2.75, 3.05) is 19.7 Å². The van der Waals surface area contributed by atoms with Gasteiger partial charge in [0.25, 0.3) is 0 Å². The second kappa shape index (κ2) is 8.18. The number of carboxylic acids is 1. The lowest BCUT2D eigenvalue weighted by molar-refractivity contribution is 0.0696. The number of hydrogen-bond acceptors (Lipinski definition) is 4. The maximum atomic E-state index is 10.8. The maximum Gasteiger partial charge on any atom is 0.335 e. The molecule has 0 saturated heterocycles. The third kappa shape index (κ3) is 5.29. The third-order valence-electron chi connectivity index (χ3n) is 2.97. The van der Waals surface area contributed by atoms with Gasteiger partial charge in [-0.25, -0.2) is 4.79 Å². The van der Waals surface area contributed by atoms with Crippen molar-refractivity contribution in [1.29, 1.82) is 5.26 Å². The van der Waals surface area contributed by atoms with Crippen molar-refractivity contribution in [3.63, 3.8) is 0 Å². The summed E-state index contributed by atoms with van der Waals surface area (Å²) < 4.78 is 5.57. The molecule has 1 aromatic carbocycles. The van der Waals surface area contributed by atoms with E-state index >= 15 is 0 Å². The Morgan fingerprint density at radius 3 is 2.80 bits per heavy atom. The minimum absolute atomic E-state index is 0.215. The Kier molecular flexibility index (Phi) is 6.54. The minimum Gasteiger partial charge on any atom is -0.492 e. The monoisotopic (exact) mass is 276 g/mol. The molecule has 0 heterocycles. The second-order valence-corrected chi connectivity index (χ2v) is 4.72. The number of benzene rings is 1. The summed E-state index contributed by atoms with van der Waals surface area (Å²) in [4.78, 5) is 13.0. The molecule has 0 fully saturated rings. The normalized spacial score (nSPS) is 10.6. The highest BCUT2D eigenvalue weighted by molar-refractivity contribution is 5.87. The predicted molar refractivity (Wildman–Crippen MR) is 75.8 cm³/mol. The van der Waals surface area contributed by atoms with E-state index in [1.54, 1.807) is 12.1 Å². The van der Waals surface area contributed by atoms with Crippen LogP contribution in [0.3, 0.4) is 0 Å². The number of nitriles is 1. The fourth-order valence-electron chi connectivity index (χ4n) is 1.82. The van der Waals surface area contributed by atoms with Gasteiger partial charge in [0.2, 0.25) is 0 Å². The van der Waals surface area contributed by atoms with E-state index in [0.29, 0.717) is 37.9 Å². The van der Waals surface area contributed by atoms with E-state index < -0.39 is 5.97 Å². The van der Waals surface area contributed by atoms with Gasteiger partial charge in [-0.2, -0.15) is 5.26 Å². The van der Waals surface area contributed by atoms with Crippen molar-refractivity contribution in [2.24, 2.45) is 0 Å². The zero-order valence-corrected chi connectivity index (χ0v) is 11.9. The molecule has 5 nitrogen and oxygen atoms in total. The molecular formula is C15H20N2O3. The van der Waals surface area contributed by atoms with E-state index in [4.69, 9.17) is 15.1 Å². The number of carbonyl (C=O) groups is 1. The van der Waals surface area contributed by atoms with Crippen LogP contribution in [0.5, 0.6) is 5.75 Å². The summed E-state index contributed by atoms with van der Waals surface area (Å²) in [6.45, 7) is 6.03. The van der Waals surface area contributed by atoms with Crippen LogP contribution in [0.15, 0.2) is 24.3 Å². The van der Waals surface area contributed by atoms with Crippen LogP contribution in [-0.2, 0) is 0 Å². The first-order chi connectivity index (χ1) is 9.54. The van der Waals surface area contributed by atoms with Gasteiger partial charge in [-0.15, -0.1) is 0 Å². The predicted octanol–water partition coefficient (Wildman–Crippen LogP) is 2.39. The van der Waals surface area contributed by atoms with Gasteiger partial charge in [-0.05, 0) is 32.0 Å². The third-order valence-corrected chi connectivity index (χ3v) is 2.97. The molecule has 20 heavy (non-hydrogen) atoms. The van der Waals surface area contributed by atoms with Gasteiger partial charge in [0, 0.05) is 25.6 Å². The van der Waals surface area contributed by atoms with E-state index in [2.05, 4.69) is 24.8 Å². The molecule has 0 aliphatic heterocycles. The summed E-state index contributed by atoms with van der Waals surface area (Å²) in [5.74, 6) is -0.415. The van der Waals surface area contributed by atoms with Crippen LogP contribution >= 0.6 is 0 Å². The molecule has 108 valence electrons. The number of aromatic carboxylic acids is 1. The van der Waals surface area contributed by atoms with Crippen LogP contribution in [0.4, 0.5) is 0 Å². The van der Waals surface area contributed by atoms with Crippen LogP contribution in [0.2, 0.25) is 0 Å². The Hall–Kier alpha value is -2.06. The van der Waals surface area contributed by atoms with Gasteiger partial charge < -0.3 is 9.84 Å². The van der Waals surface area contributed by atoms with Crippen molar-refractivity contribution < 1.29 is 14.6 Å². The largest absolute Gasteiger partial charge is 0.492 e. The molecule has 0 saturated carbocycles. The zero-order chi connectivity index (χ0) is 15.0. The van der Waals surface area contributed by atoms with Gasteiger partial charge >= 0.3 is 5.97 Å². The first-order valence-electron chi connectivity index (χ1n) is 6.61. The van der Waals surface area contributed by atoms with Crippen LogP contribution < -0.4 is 4.74 Å². The quantitative estimate of drug-likeness (QED) is 0.789. The zero-order valence-electron chi connectivity index (χ0n) is 11.9.